The first-order valence-corrected chi connectivity index (χ1v) is 8.02. The standard InChI is InChI=1S/C19H20N2O2/c1-14-18(13-17-9-11-19(23-17)10-6-12-22-19)15(2)21(20-14)16-7-4-3-5-8-16/h3-5,7-9,11,13H,6,10,12H2,1-2H3/b17-13+. The number of aromatic nitrogens is 2. The summed E-state index contributed by atoms with van der Waals surface area (Å²) in [6.45, 7) is 4.88. The van der Waals surface area contributed by atoms with Gasteiger partial charge in [0.05, 0.1) is 18.0 Å². The Morgan fingerprint density at radius 3 is 2.78 bits per heavy atom. The van der Waals surface area contributed by atoms with Crippen LogP contribution in [0.25, 0.3) is 11.8 Å². The zero-order valence-corrected chi connectivity index (χ0v) is 13.5. The molecule has 2 aliphatic rings. The molecule has 2 aliphatic heterocycles. The van der Waals surface area contributed by atoms with Crippen molar-refractivity contribution in [2.45, 2.75) is 32.5 Å². The van der Waals surface area contributed by atoms with E-state index in [1.54, 1.807) is 0 Å². The number of benzene rings is 1. The summed E-state index contributed by atoms with van der Waals surface area (Å²) in [5.74, 6) is 0.314. The van der Waals surface area contributed by atoms with E-state index in [4.69, 9.17) is 9.47 Å². The molecule has 4 rings (SSSR count). The van der Waals surface area contributed by atoms with Gasteiger partial charge in [-0.25, -0.2) is 4.68 Å². The highest BCUT2D eigenvalue weighted by Crippen LogP contribution is 2.37. The Morgan fingerprint density at radius 2 is 2.04 bits per heavy atom. The summed E-state index contributed by atoms with van der Waals surface area (Å²) in [7, 11) is 0. The maximum absolute atomic E-state index is 6.03. The summed E-state index contributed by atoms with van der Waals surface area (Å²) >= 11 is 0. The van der Waals surface area contributed by atoms with Gasteiger partial charge in [-0.3, -0.25) is 0 Å². The SMILES string of the molecule is Cc1nn(-c2ccccc2)c(C)c1/C=C1\C=CC2(CCCO2)O1. The van der Waals surface area contributed by atoms with Crippen molar-refractivity contribution < 1.29 is 9.47 Å². The molecule has 1 unspecified atom stereocenters. The highest BCUT2D eigenvalue weighted by molar-refractivity contribution is 5.60. The lowest BCUT2D eigenvalue weighted by Gasteiger charge is -2.20. The molecule has 2 aromatic rings. The molecule has 0 amide bonds. The number of allylic oxidation sites excluding steroid dienone is 1. The van der Waals surface area contributed by atoms with Crippen LogP contribution in [0.15, 0.2) is 48.2 Å². The van der Waals surface area contributed by atoms with Crippen molar-refractivity contribution in [1.82, 2.24) is 9.78 Å². The van der Waals surface area contributed by atoms with Crippen LogP contribution in [0.5, 0.6) is 0 Å². The number of hydrogen-bond acceptors (Lipinski definition) is 3. The topological polar surface area (TPSA) is 36.3 Å². The van der Waals surface area contributed by atoms with Crippen LogP contribution < -0.4 is 0 Å². The van der Waals surface area contributed by atoms with Crippen LogP contribution in [0.2, 0.25) is 0 Å². The summed E-state index contributed by atoms with van der Waals surface area (Å²) in [5, 5.41) is 4.67. The van der Waals surface area contributed by atoms with E-state index in [0.717, 1.165) is 47.8 Å². The van der Waals surface area contributed by atoms with Crippen LogP contribution in [0.4, 0.5) is 0 Å². The van der Waals surface area contributed by atoms with E-state index in [0.29, 0.717) is 0 Å². The van der Waals surface area contributed by atoms with Gasteiger partial charge in [0.15, 0.2) is 0 Å². The molecule has 4 heteroatoms. The molecule has 1 atom stereocenters. The molecule has 0 N–H and O–H groups in total. The van der Waals surface area contributed by atoms with Crippen LogP contribution in [0.1, 0.15) is 29.8 Å². The van der Waals surface area contributed by atoms with Gasteiger partial charge >= 0.3 is 0 Å². The maximum atomic E-state index is 6.03. The smallest absolute Gasteiger partial charge is 0.230 e. The molecule has 4 nitrogen and oxygen atoms in total. The zero-order valence-electron chi connectivity index (χ0n) is 13.5. The molecule has 1 fully saturated rings. The second-order valence-electron chi connectivity index (χ2n) is 6.08. The molecule has 1 aromatic heterocycles. The van der Waals surface area contributed by atoms with E-state index in [-0.39, 0.29) is 0 Å². The van der Waals surface area contributed by atoms with Gasteiger partial charge in [0.2, 0.25) is 5.79 Å². The maximum Gasteiger partial charge on any atom is 0.230 e. The Hall–Kier alpha value is -2.33. The first-order valence-electron chi connectivity index (χ1n) is 8.02. The number of aryl methyl sites for hydroxylation is 1. The molecule has 1 saturated heterocycles. The largest absolute Gasteiger partial charge is 0.459 e. The highest BCUT2D eigenvalue weighted by atomic mass is 16.7. The monoisotopic (exact) mass is 308 g/mol. The molecule has 1 aromatic carbocycles. The van der Waals surface area contributed by atoms with Gasteiger partial charge in [-0.2, -0.15) is 5.10 Å². The average Bonchev–Trinajstić information content (AvgIpc) is 3.26. The molecular weight excluding hydrogens is 288 g/mol. The zero-order chi connectivity index (χ0) is 15.9. The van der Waals surface area contributed by atoms with Gasteiger partial charge in [-0.15, -0.1) is 0 Å². The van der Waals surface area contributed by atoms with Gasteiger partial charge in [0.25, 0.3) is 0 Å². The normalized spacial score (nSPS) is 24.7. The number of rotatable bonds is 2. The first-order chi connectivity index (χ1) is 11.2. The number of nitrogens with zero attached hydrogens (tertiary/aromatic N) is 2. The predicted octanol–water partition coefficient (Wildman–Crippen LogP) is 3.92. The molecule has 118 valence electrons. The summed E-state index contributed by atoms with van der Waals surface area (Å²) in [6, 6.07) is 10.2. The van der Waals surface area contributed by atoms with E-state index in [1.165, 1.54) is 0 Å². The van der Waals surface area contributed by atoms with Gasteiger partial charge < -0.3 is 9.47 Å². The van der Waals surface area contributed by atoms with Gasteiger partial charge in [0.1, 0.15) is 5.76 Å². The number of hydrogen-bond donors (Lipinski definition) is 0. The average molecular weight is 308 g/mol. The number of para-hydroxylation sites is 1. The second kappa shape index (κ2) is 5.39. The quantitative estimate of drug-likeness (QED) is 0.843. The Bertz CT molecular complexity index is 781. The van der Waals surface area contributed by atoms with E-state index in [1.807, 2.05) is 42.0 Å². The molecule has 0 bridgehead atoms. The van der Waals surface area contributed by atoms with Crippen LogP contribution in [0, 0.1) is 13.8 Å². The fourth-order valence-corrected chi connectivity index (χ4v) is 3.23. The van der Waals surface area contributed by atoms with Crippen LogP contribution in [0.3, 0.4) is 0 Å². The summed E-state index contributed by atoms with van der Waals surface area (Å²) in [4.78, 5) is 0. The van der Waals surface area contributed by atoms with Crippen molar-refractivity contribution in [1.29, 1.82) is 0 Å². The summed E-state index contributed by atoms with van der Waals surface area (Å²) in [6.07, 6.45) is 8.05. The van der Waals surface area contributed by atoms with Crippen molar-refractivity contribution in [3.05, 3.63) is 65.2 Å². The Kier molecular flexibility index (Phi) is 3.34. The highest BCUT2D eigenvalue weighted by Gasteiger charge is 2.38. The third-order valence-electron chi connectivity index (χ3n) is 4.44. The molecule has 23 heavy (non-hydrogen) atoms. The Labute approximate surface area is 136 Å². The van der Waals surface area contributed by atoms with E-state index in [9.17, 15) is 0 Å². The van der Waals surface area contributed by atoms with E-state index in [2.05, 4.69) is 30.2 Å². The lowest BCUT2D eigenvalue weighted by Crippen LogP contribution is -2.24. The molecular formula is C19H20N2O2. The summed E-state index contributed by atoms with van der Waals surface area (Å²) in [5.41, 5.74) is 4.26. The fourth-order valence-electron chi connectivity index (χ4n) is 3.23. The lowest BCUT2D eigenvalue weighted by molar-refractivity contribution is -0.135. The molecule has 0 aliphatic carbocycles. The minimum Gasteiger partial charge on any atom is -0.459 e. The van der Waals surface area contributed by atoms with E-state index < -0.39 is 5.79 Å². The van der Waals surface area contributed by atoms with Crippen molar-refractivity contribution in [2.24, 2.45) is 0 Å². The van der Waals surface area contributed by atoms with Crippen LogP contribution in [-0.2, 0) is 9.47 Å². The van der Waals surface area contributed by atoms with Crippen molar-refractivity contribution in [3.8, 4) is 5.69 Å². The van der Waals surface area contributed by atoms with Crippen molar-refractivity contribution >= 4 is 6.08 Å². The lowest BCUT2D eigenvalue weighted by atomic mass is 10.1. The third-order valence-corrected chi connectivity index (χ3v) is 4.44. The van der Waals surface area contributed by atoms with Crippen molar-refractivity contribution in [2.75, 3.05) is 6.61 Å². The van der Waals surface area contributed by atoms with Crippen molar-refractivity contribution in [3.63, 3.8) is 0 Å². The van der Waals surface area contributed by atoms with Gasteiger partial charge in [-0.1, -0.05) is 18.2 Å². The first kappa shape index (κ1) is 14.3. The van der Waals surface area contributed by atoms with Gasteiger partial charge in [0, 0.05) is 17.7 Å². The molecule has 0 radical (unpaired) electrons. The minimum atomic E-state index is -0.525. The molecule has 3 heterocycles. The Morgan fingerprint density at radius 1 is 1.22 bits per heavy atom. The predicted molar refractivity (Wildman–Crippen MR) is 89.2 cm³/mol. The minimum absolute atomic E-state index is 0.525. The summed E-state index contributed by atoms with van der Waals surface area (Å²) < 4.78 is 13.7. The number of ether oxygens (including phenoxy) is 2. The second-order valence-corrected chi connectivity index (χ2v) is 6.08. The van der Waals surface area contributed by atoms with E-state index >= 15 is 0 Å². The Balaban J connectivity index is 1.67. The third kappa shape index (κ3) is 2.49. The molecule has 0 saturated carbocycles. The van der Waals surface area contributed by atoms with Gasteiger partial charge in [-0.05, 0) is 50.6 Å². The molecule has 1 spiro atoms. The van der Waals surface area contributed by atoms with Crippen LogP contribution >= 0.6 is 0 Å². The van der Waals surface area contributed by atoms with Crippen LogP contribution in [-0.4, -0.2) is 22.2 Å². The fraction of sp³-hybridized carbons (Fsp3) is 0.316.